The molecule has 0 amide bonds. The molecule has 1 nitrogen and oxygen atoms in total. The highest BCUT2D eigenvalue weighted by atomic mass is 35.5. The zero-order valence-electron chi connectivity index (χ0n) is 9.23. The largest absolute Gasteiger partial charge is 0.474 e. The monoisotopic (exact) mass is 262 g/mol. The Balaban J connectivity index is 3.04. The molecule has 0 fully saturated rings. The van der Waals surface area contributed by atoms with Gasteiger partial charge in [0.25, 0.3) is 0 Å². The molecule has 0 aliphatic carbocycles. The van der Waals surface area contributed by atoms with Gasteiger partial charge < -0.3 is 4.74 Å². The van der Waals surface area contributed by atoms with Crippen LogP contribution < -0.4 is 4.74 Å². The lowest BCUT2D eigenvalue weighted by Gasteiger charge is -2.21. The Morgan fingerprint density at radius 3 is 2.29 bits per heavy atom. The number of hydrogen-bond acceptors (Lipinski definition) is 1. The van der Waals surface area contributed by atoms with E-state index >= 15 is 0 Å². The molecule has 0 spiro atoms. The first kappa shape index (κ1) is 13.7. The minimum Gasteiger partial charge on any atom is -0.474 e. The number of benzene rings is 1. The summed E-state index contributed by atoms with van der Waals surface area (Å²) in [5, 5.41) is -0.122. The van der Waals surface area contributed by atoms with Gasteiger partial charge in [0.15, 0.2) is 5.60 Å². The quantitative estimate of drug-likeness (QED) is 0.728. The summed E-state index contributed by atoms with van der Waals surface area (Å²) < 4.78 is 42.4. The molecule has 0 heterocycles. The zero-order chi connectivity index (χ0) is 13.3. The fraction of sp³-hybridized carbons (Fsp3) is 0.333. The van der Waals surface area contributed by atoms with E-state index in [-0.39, 0.29) is 10.8 Å². The summed E-state index contributed by atoms with van der Waals surface area (Å²) in [5.74, 6) is 2.49. The first-order chi connectivity index (χ1) is 7.65. The highest BCUT2D eigenvalue weighted by molar-refractivity contribution is 6.32. The maximum atomic E-state index is 12.4. The molecule has 0 aliphatic rings. The molecule has 1 rings (SSSR count). The van der Waals surface area contributed by atoms with Crippen LogP contribution in [-0.2, 0) is 6.18 Å². The van der Waals surface area contributed by atoms with Crippen molar-refractivity contribution < 1.29 is 17.9 Å². The van der Waals surface area contributed by atoms with E-state index in [1.807, 2.05) is 0 Å². The number of halogens is 4. The number of rotatable bonds is 2. The van der Waals surface area contributed by atoms with E-state index in [4.69, 9.17) is 22.8 Å². The van der Waals surface area contributed by atoms with Gasteiger partial charge in [-0.3, -0.25) is 0 Å². The smallest absolute Gasteiger partial charge is 0.416 e. The SMILES string of the molecule is C#CC(C)(C)Oc1ccc(C(F)(F)F)cc1Cl. The second-order valence-electron chi connectivity index (χ2n) is 3.90. The number of hydrogen-bond donors (Lipinski definition) is 0. The van der Waals surface area contributed by atoms with E-state index in [0.29, 0.717) is 0 Å². The van der Waals surface area contributed by atoms with Gasteiger partial charge in [0, 0.05) is 0 Å². The second kappa shape index (κ2) is 4.50. The lowest BCUT2D eigenvalue weighted by molar-refractivity contribution is -0.137. The highest BCUT2D eigenvalue weighted by Gasteiger charge is 2.31. The molecule has 0 saturated carbocycles. The molecule has 0 saturated heterocycles. The normalized spacial score (nSPS) is 12.1. The third-order valence-electron chi connectivity index (χ3n) is 1.97. The third kappa shape index (κ3) is 3.57. The Hall–Kier alpha value is -1.34. The topological polar surface area (TPSA) is 9.23 Å². The van der Waals surface area contributed by atoms with E-state index in [2.05, 4.69) is 5.92 Å². The van der Waals surface area contributed by atoms with Crippen LogP contribution in [0, 0.1) is 12.3 Å². The molecule has 0 unspecified atom stereocenters. The van der Waals surface area contributed by atoms with Crippen molar-refractivity contribution in [3.8, 4) is 18.1 Å². The average molecular weight is 263 g/mol. The van der Waals surface area contributed by atoms with E-state index in [1.165, 1.54) is 0 Å². The number of terminal acetylenes is 1. The van der Waals surface area contributed by atoms with Gasteiger partial charge in [-0.2, -0.15) is 13.2 Å². The van der Waals surface area contributed by atoms with Gasteiger partial charge in [0.2, 0.25) is 0 Å². The van der Waals surface area contributed by atoms with Gasteiger partial charge in [-0.1, -0.05) is 17.5 Å². The van der Waals surface area contributed by atoms with Crippen molar-refractivity contribution in [1.29, 1.82) is 0 Å². The molecule has 0 bridgehead atoms. The van der Waals surface area contributed by atoms with E-state index in [1.54, 1.807) is 13.8 Å². The van der Waals surface area contributed by atoms with Crippen molar-refractivity contribution in [2.24, 2.45) is 0 Å². The fourth-order valence-electron chi connectivity index (χ4n) is 1.06. The predicted octanol–water partition coefficient (Wildman–Crippen LogP) is 4.15. The molecule has 1 aromatic rings. The summed E-state index contributed by atoms with van der Waals surface area (Å²) in [7, 11) is 0. The van der Waals surface area contributed by atoms with Crippen LogP contribution >= 0.6 is 11.6 Å². The van der Waals surface area contributed by atoms with Crippen molar-refractivity contribution in [3.63, 3.8) is 0 Å². The van der Waals surface area contributed by atoms with Crippen LogP contribution in [0.2, 0.25) is 5.02 Å². The van der Waals surface area contributed by atoms with Crippen LogP contribution in [0.3, 0.4) is 0 Å². The van der Waals surface area contributed by atoms with Crippen LogP contribution in [0.4, 0.5) is 13.2 Å². The summed E-state index contributed by atoms with van der Waals surface area (Å²) in [4.78, 5) is 0. The average Bonchev–Trinajstić information content (AvgIpc) is 2.19. The molecule has 0 aromatic heterocycles. The van der Waals surface area contributed by atoms with Gasteiger partial charge in [0.1, 0.15) is 5.75 Å². The number of ether oxygens (including phenoxy) is 1. The Bertz CT molecular complexity index is 458. The van der Waals surface area contributed by atoms with Gasteiger partial charge in [-0.25, -0.2) is 0 Å². The van der Waals surface area contributed by atoms with Crippen molar-refractivity contribution >= 4 is 11.6 Å². The Kier molecular flexibility index (Phi) is 3.63. The second-order valence-corrected chi connectivity index (χ2v) is 4.31. The Labute approximate surface area is 103 Å². The van der Waals surface area contributed by atoms with Crippen LogP contribution in [0.25, 0.3) is 0 Å². The summed E-state index contributed by atoms with van der Waals surface area (Å²) in [5.41, 5.74) is -1.75. The summed E-state index contributed by atoms with van der Waals surface area (Å²) >= 11 is 5.70. The molecule has 17 heavy (non-hydrogen) atoms. The maximum Gasteiger partial charge on any atom is 0.416 e. The van der Waals surface area contributed by atoms with Gasteiger partial charge in [-0.05, 0) is 32.0 Å². The lowest BCUT2D eigenvalue weighted by atomic mass is 10.1. The Morgan fingerprint density at radius 2 is 1.88 bits per heavy atom. The third-order valence-corrected chi connectivity index (χ3v) is 2.27. The molecule has 0 aliphatic heterocycles. The highest BCUT2D eigenvalue weighted by Crippen LogP contribution is 2.35. The molecule has 0 radical (unpaired) electrons. The minimum atomic E-state index is -4.43. The van der Waals surface area contributed by atoms with Crippen LogP contribution in [-0.4, -0.2) is 5.60 Å². The van der Waals surface area contributed by atoms with Crippen molar-refractivity contribution in [3.05, 3.63) is 28.8 Å². The standard InChI is InChI=1S/C12H10ClF3O/c1-4-11(2,3)17-10-6-5-8(7-9(10)13)12(14,15)16/h1,5-7H,2-3H3. The number of alkyl halides is 3. The van der Waals surface area contributed by atoms with E-state index in [9.17, 15) is 13.2 Å². The van der Waals surface area contributed by atoms with Gasteiger partial charge in [0.05, 0.1) is 10.6 Å². The van der Waals surface area contributed by atoms with E-state index in [0.717, 1.165) is 18.2 Å². The first-order valence-electron chi connectivity index (χ1n) is 4.69. The fourth-order valence-corrected chi connectivity index (χ4v) is 1.28. The molecular formula is C12H10ClF3O. The van der Waals surface area contributed by atoms with E-state index < -0.39 is 17.3 Å². The molecule has 92 valence electrons. The molecule has 0 N–H and O–H groups in total. The van der Waals surface area contributed by atoms with Crippen LogP contribution in [0.15, 0.2) is 18.2 Å². The molecule has 5 heteroatoms. The first-order valence-corrected chi connectivity index (χ1v) is 5.07. The van der Waals surface area contributed by atoms with Crippen molar-refractivity contribution in [2.45, 2.75) is 25.6 Å². The zero-order valence-corrected chi connectivity index (χ0v) is 9.99. The molecular weight excluding hydrogens is 253 g/mol. The molecule has 1 aromatic carbocycles. The lowest BCUT2D eigenvalue weighted by Crippen LogP contribution is -2.25. The van der Waals surface area contributed by atoms with Crippen molar-refractivity contribution in [1.82, 2.24) is 0 Å². The van der Waals surface area contributed by atoms with Crippen LogP contribution in [0.5, 0.6) is 5.75 Å². The molecule has 0 atom stereocenters. The summed E-state index contributed by atoms with van der Waals surface area (Å²) in [6.45, 7) is 3.22. The Morgan fingerprint density at radius 1 is 1.29 bits per heavy atom. The van der Waals surface area contributed by atoms with Gasteiger partial charge in [-0.15, -0.1) is 6.42 Å². The minimum absolute atomic E-state index is 0.122. The predicted molar refractivity (Wildman–Crippen MR) is 60.0 cm³/mol. The summed E-state index contributed by atoms with van der Waals surface area (Å²) in [6.07, 6.45) is 0.779. The summed E-state index contributed by atoms with van der Waals surface area (Å²) in [6, 6.07) is 2.86. The van der Waals surface area contributed by atoms with Crippen molar-refractivity contribution in [2.75, 3.05) is 0 Å². The maximum absolute atomic E-state index is 12.4. The van der Waals surface area contributed by atoms with Crippen LogP contribution in [0.1, 0.15) is 19.4 Å². The van der Waals surface area contributed by atoms with Gasteiger partial charge >= 0.3 is 6.18 Å².